The summed E-state index contributed by atoms with van der Waals surface area (Å²) in [4.78, 5) is 2.21. The summed E-state index contributed by atoms with van der Waals surface area (Å²) in [6, 6.07) is 0. The minimum atomic E-state index is 0. The molecule has 0 aliphatic carbocycles. The zero-order chi connectivity index (χ0) is 6.81. The van der Waals surface area contributed by atoms with E-state index in [-0.39, 0.29) is 17.0 Å². The van der Waals surface area contributed by atoms with Crippen molar-refractivity contribution in [3.63, 3.8) is 0 Å². The molecule has 0 spiro atoms. The molecule has 2 heterocycles. The Bertz CT molecular complexity index is 248. The van der Waals surface area contributed by atoms with E-state index in [0.717, 1.165) is 6.54 Å². The highest BCUT2D eigenvalue weighted by Crippen LogP contribution is 2.14. The number of allylic oxidation sites excluding steroid dienone is 5. The van der Waals surface area contributed by atoms with Crippen LogP contribution in [0.1, 0.15) is 0 Å². The quantitative estimate of drug-likeness (QED) is 0.595. The summed E-state index contributed by atoms with van der Waals surface area (Å²) >= 11 is 0. The average Bonchev–Trinajstić information content (AvgIpc) is 2.05. The van der Waals surface area contributed by atoms with Crippen molar-refractivity contribution in [2.24, 2.45) is 0 Å². The maximum atomic E-state index is 2.21. The van der Waals surface area contributed by atoms with Gasteiger partial charge in [-0.15, -0.1) is 17.0 Å². The molecule has 58 valence electrons. The molecule has 0 radical (unpaired) electrons. The van der Waals surface area contributed by atoms with Gasteiger partial charge in [-0.3, -0.25) is 0 Å². The lowest BCUT2D eigenvalue weighted by molar-refractivity contribution is 0.523. The molecular formula is C9H10BrN. The summed E-state index contributed by atoms with van der Waals surface area (Å²) in [6.45, 7) is 1.01. The maximum Gasteiger partial charge on any atom is 0.0409 e. The second-order valence-electron chi connectivity index (χ2n) is 2.37. The maximum absolute atomic E-state index is 2.21. The Morgan fingerprint density at radius 3 is 2.91 bits per heavy atom. The standard InChI is InChI=1S/C9H9N.BrH/c1-3-7-10-8-4-2-6-9(10)5-1;/h1-7H,8H2;1H. The zero-order valence-electron chi connectivity index (χ0n) is 6.10. The molecule has 2 heteroatoms. The predicted molar refractivity (Wildman–Crippen MR) is 52.5 cm³/mol. The third kappa shape index (κ3) is 1.63. The molecule has 0 N–H and O–H groups in total. The summed E-state index contributed by atoms with van der Waals surface area (Å²) in [5.74, 6) is 0. The summed E-state index contributed by atoms with van der Waals surface area (Å²) in [5.41, 5.74) is 1.28. The van der Waals surface area contributed by atoms with Gasteiger partial charge in [0.2, 0.25) is 0 Å². The van der Waals surface area contributed by atoms with Gasteiger partial charge in [-0.1, -0.05) is 18.2 Å². The van der Waals surface area contributed by atoms with Gasteiger partial charge >= 0.3 is 0 Å². The van der Waals surface area contributed by atoms with Crippen molar-refractivity contribution in [1.29, 1.82) is 0 Å². The molecule has 0 aromatic rings. The van der Waals surface area contributed by atoms with Gasteiger partial charge in [0.25, 0.3) is 0 Å². The molecule has 0 unspecified atom stereocenters. The van der Waals surface area contributed by atoms with E-state index in [1.165, 1.54) is 5.70 Å². The van der Waals surface area contributed by atoms with Crippen LogP contribution in [0.2, 0.25) is 0 Å². The molecule has 0 bridgehead atoms. The fourth-order valence-corrected chi connectivity index (χ4v) is 1.15. The molecule has 2 rings (SSSR count). The van der Waals surface area contributed by atoms with Gasteiger partial charge in [0.1, 0.15) is 0 Å². The molecule has 2 aliphatic heterocycles. The van der Waals surface area contributed by atoms with Crippen LogP contribution < -0.4 is 0 Å². The fraction of sp³-hybridized carbons (Fsp3) is 0.111. The Morgan fingerprint density at radius 2 is 2.09 bits per heavy atom. The van der Waals surface area contributed by atoms with Gasteiger partial charge < -0.3 is 4.90 Å². The lowest BCUT2D eigenvalue weighted by Crippen LogP contribution is -2.18. The van der Waals surface area contributed by atoms with E-state index in [0.29, 0.717) is 0 Å². The molecule has 11 heavy (non-hydrogen) atoms. The van der Waals surface area contributed by atoms with E-state index in [2.05, 4.69) is 47.6 Å². The number of nitrogens with zero attached hydrogens (tertiary/aromatic N) is 1. The highest BCUT2D eigenvalue weighted by Gasteiger charge is 2.05. The van der Waals surface area contributed by atoms with Gasteiger partial charge in [-0.05, 0) is 18.2 Å². The molecule has 0 fully saturated rings. The van der Waals surface area contributed by atoms with Crippen molar-refractivity contribution in [3.05, 3.63) is 48.4 Å². The van der Waals surface area contributed by atoms with Crippen LogP contribution in [-0.4, -0.2) is 11.4 Å². The number of rotatable bonds is 0. The van der Waals surface area contributed by atoms with Gasteiger partial charge in [0.15, 0.2) is 0 Å². The lowest BCUT2D eigenvalue weighted by Gasteiger charge is -2.23. The highest BCUT2D eigenvalue weighted by atomic mass is 79.9. The van der Waals surface area contributed by atoms with Crippen LogP contribution in [0, 0.1) is 0 Å². The van der Waals surface area contributed by atoms with Crippen LogP contribution in [0.3, 0.4) is 0 Å². The van der Waals surface area contributed by atoms with Crippen LogP contribution in [0.25, 0.3) is 0 Å². The average molecular weight is 212 g/mol. The first kappa shape index (κ1) is 8.34. The minimum Gasteiger partial charge on any atom is -0.344 e. The van der Waals surface area contributed by atoms with E-state index < -0.39 is 0 Å². The SMILES string of the molecule is Br.C1=CCN2C=CC=CC2=C1. The molecule has 0 aromatic carbocycles. The molecule has 1 nitrogen and oxygen atoms in total. The third-order valence-electron chi connectivity index (χ3n) is 1.68. The smallest absolute Gasteiger partial charge is 0.0409 e. The molecule has 0 amide bonds. The van der Waals surface area contributed by atoms with Crippen LogP contribution in [-0.2, 0) is 0 Å². The zero-order valence-corrected chi connectivity index (χ0v) is 7.82. The summed E-state index contributed by atoms with van der Waals surface area (Å²) in [7, 11) is 0. The van der Waals surface area contributed by atoms with Crippen molar-refractivity contribution in [1.82, 2.24) is 4.90 Å². The lowest BCUT2D eigenvalue weighted by atomic mass is 10.2. The second-order valence-corrected chi connectivity index (χ2v) is 2.37. The van der Waals surface area contributed by atoms with Crippen molar-refractivity contribution in [2.45, 2.75) is 0 Å². The number of hydrogen-bond donors (Lipinski definition) is 0. The molecule has 0 atom stereocenters. The number of halogens is 1. The van der Waals surface area contributed by atoms with Crippen molar-refractivity contribution < 1.29 is 0 Å². The van der Waals surface area contributed by atoms with E-state index in [4.69, 9.17) is 0 Å². The third-order valence-corrected chi connectivity index (χ3v) is 1.68. The summed E-state index contributed by atoms with van der Waals surface area (Å²) in [5, 5.41) is 0. The Kier molecular flexibility index (Phi) is 2.71. The van der Waals surface area contributed by atoms with Crippen LogP contribution >= 0.6 is 17.0 Å². The second kappa shape index (κ2) is 3.58. The Morgan fingerprint density at radius 1 is 1.18 bits per heavy atom. The van der Waals surface area contributed by atoms with Gasteiger partial charge in [0.05, 0.1) is 0 Å². The van der Waals surface area contributed by atoms with E-state index in [9.17, 15) is 0 Å². The van der Waals surface area contributed by atoms with E-state index in [1.54, 1.807) is 0 Å². The molecule has 0 saturated carbocycles. The molecule has 0 aromatic heterocycles. The molecule has 2 aliphatic rings. The predicted octanol–water partition coefficient (Wildman–Crippen LogP) is 2.40. The van der Waals surface area contributed by atoms with Gasteiger partial charge in [-0.25, -0.2) is 0 Å². The van der Waals surface area contributed by atoms with Gasteiger partial charge in [-0.2, -0.15) is 0 Å². The highest BCUT2D eigenvalue weighted by molar-refractivity contribution is 8.93. The molecular weight excluding hydrogens is 202 g/mol. The van der Waals surface area contributed by atoms with Crippen molar-refractivity contribution >= 4 is 17.0 Å². The van der Waals surface area contributed by atoms with Gasteiger partial charge in [0, 0.05) is 18.4 Å². The monoisotopic (exact) mass is 211 g/mol. The fourth-order valence-electron chi connectivity index (χ4n) is 1.15. The van der Waals surface area contributed by atoms with E-state index in [1.807, 2.05) is 0 Å². The first-order valence-electron chi connectivity index (χ1n) is 3.45. The Labute approximate surface area is 77.2 Å². The number of fused-ring (bicyclic) bond motifs is 1. The number of hydrogen-bond acceptors (Lipinski definition) is 1. The Balaban J connectivity index is 0.000000605. The topological polar surface area (TPSA) is 3.24 Å². The normalized spacial score (nSPS) is 18.9. The first-order valence-corrected chi connectivity index (χ1v) is 3.45. The van der Waals surface area contributed by atoms with Crippen LogP contribution in [0.4, 0.5) is 0 Å². The largest absolute Gasteiger partial charge is 0.344 e. The van der Waals surface area contributed by atoms with Crippen molar-refractivity contribution in [3.8, 4) is 0 Å². The molecule has 0 saturated heterocycles. The van der Waals surface area contributed by atoms with Crippen molar-refractivity contribution in [2.75, 3.05) is 6.54 Å². The Hall–Kier alpha value is -0.760. The van der Waals surface area contributed by atoms with Crippen LogP contribution in [0.15, 0.2) is 48.4 Å². The summed E-state index contributed by atoms with van der Waals surface area (Å²) in [6.07, 6.45) is 14.7. The minimum absolute atomic E-state index is 0. The van der Waals surface area contributed by atoms with Crippen LogP contribution in [0.5, 0.6) is 0 Å². The summed E-state index contributed by atoms with van der Waals surface area (Å²) < 4.78 is 0. The first-order chi connectivity index (χ1) is 4.97. The van der Waals surface area contributed by atoms with E-state index >= 15 is 0 Å².